The van der Waals surface area contributed by atoms with Crippen molar-refractivity contribution in [2.24, 2.45) is 5.92 Å². The molecule has 5 heteroatoms. The van der Waals surface area contributed by atoms with E-state index in [1.165, 1.54) is 25.3 Å². The van der Waals surface area contributed by atoms with Crippen LogP contribution >= 0.6 is 0 Å². The number of allylic oxidation sites excluding steroid dienone is 1. The van der Waals surface area contributed by atoms with E-state index in [1.807, 2.05) is 19.1 Å². The van der Waals surface area contributed by atoms with Crippen molar-refractivity contribution in [1.29, 1.82) is 0 Å². The molecule has 0 atom stereocenters. The molecule has 0 bridgehead atoms. The molecule has 0 saturated heterocycles. The molecule has 1 aliphatic carbocycles. The highest BCUT2D eigenvalue weighted by atomic mass is 16.4. The van der Waals surface area contributed by atoms with Gasteiger partial charge in [-0.2, -0.15) is 0 Å². The maximum atomic E-state index is 13.2. The Labute approximate surface area is 189 Å². The zero-order valence-corrected chi connectivity index (χ0v) is 18.9. The number of carboxylic acids is 1. The molecule has 0 aliphatic heterocycles. The summed E-state index contributed by atoms with van der Waals surface area (Å²) in [4.78, 5) is 38.9. The van der Waals surface area contributed by atoms with Gasteiger partial charge >= 0.3 is 5.97 Å². The van der Waals surface area contributed by atoms with Crippen LogP contribution < -0.4 is 0 Å². The summed E-state index contributed by atoms with van der Waals surface area (Å²) in [5.74, 6) is -0.866. The molecule has 0 aromatic heterocycles. The molecule has 1 saturated carbocycles. The lowest BCUT2D eigenvalue weighted by atomic mass is 9.88. The molecular weight excluding hydrogens is 402 g/mol. The van der Waals surface area contributed by atoms with Crippen molar-refractivity contribution in [3.05, 3.63) is 71.3 Å². The van der Waals surface area contributed by atoms with Crippen LogP contribution in [0.5, 0.6) is 0 Å². The molecule has 1 N–H and O–H groups in total. The molecule has 2 aromatic carbocycles. The van der Waals surface area contributed by atoms with Crippen molar-refractivity contribution in [2.75, 3.05) is 13.6 Å². The highest BCUT2D eigenvalue weighted by Crippen LogP contribution is 2.29. The number of carboxylic acid groups (broad SMARTS) is 1. The summed E-state index contributed by atoms with van der Waals surface area (Å²) in [6.07, 6.45) is 6.93. The fourth-order valence-corrected chi connectivity index (χ4v) is 4.55. The molecule has 1 amide bonds. The highest BCUT2D eigenvalue weighted by molar-refractivity contribution is 6.09. The SMILES string of the molecule is C=CC(=O)c1ccc(C)cc1-c1ccc(C(=O)N(C)CC2CCCCC2)c(CC(=O)O)c1. The van der Waals surface area contributed by atoms with Crippen LogP contribution in [0.2, 0.25) is 0 Å². The zero-order chi connectivity index (χ0) is 23.3. The van der Waals surface area contributed by atoms with Crippen LogP contribution in [0.1, 0.15) is 63.9 Å². The number of carbonyl (C=O) groups excluding carboxylic acids is 2. The minimum atomic E-state index is -1.00. The minimum absolute atomic E-state index is 0.162. The Morgan fingerprint density at radius 3 is 2.41 bits per heavy atom. The number of ketones is 1. The highest BCUT2D eigenvalue weighted by Gasteiger charge is 2.22. The first-order chi connectivity index (χ1) is 15.3. The normalized spacial score (nSPS) is 14.1. The smallest absolute Gasteiger partial charge is 0.307 e. The van der Waals surface area contributed by atoms with Crippen molar-refractivity contribution in [3.63, 3.8) is 0 Å². The Balaban J connectivity index is 1.97. The molecule has 1 fully saturated rings. The molecule has 0 radical (unpaired) electrons. The van der Waals surface area contributed by atoms with E-state index in [1.54, 1.807) is 36.2 Å². The number of carbonyl (C=O) groups is 3. The van der Waals surface area contributed by atoms with Crippen molar-refractivity contribution < 1.29 is 19.5 Å². The molecule has 5 nitrogen and oxygen atoms in total. The fraction of sp³-hybridized carbons (Fsp3) is 0.370. The predicted molar refractivity (Wildman–Crippen MR) is 126 cm³/mol. The van der Waals surface area contributed by atoms with Gasteiger partial charge in [0.25, 0.3) is 5.91 Å². The zero-order valence-electron chi connectivity index (χ0n) is 18.9. The van der Waals surface area contributed by atoms with E-state index in [4.69, 9.17) is 0 Å². The summed E-state index contributed by atoms with van der Waals surface area (Å²) >= 11 is 0. The first-order valence-corrected chi connectivity index (χ1v) is 11.2. The van der Waals surface area contributed by atoms with E-state index < -0.39 is 5.97 Å². The van der Waals surface area contributed by atoms with E-state index >= 15 is 0 Å². The molecule has 1 aliphatic rings. The van der Waals surface area contributed by atoms with E-state index in [2.05, 4.69) is 6.58 Å². The van der Waals surface area contributed by atoms with E-state index in [0.29, 0.717) is 40.3 Å². The minimum Gasteiger partial charge on any atom is -0.481 e. The van der Waals surface area contributed by atoms with Crippen LogP contribution in [0.25, 0.3) is 11.1 Å². The topological polar surface area (TPSA) is 74.7 Å². The van der Waals surface area contributed by atoms with Crippen molar-refractivity contribution in [3.8, 4) is 11.1 Å². The average molecular weight is 434 g/mol. The van der Waals surface area contributed by atoms with Crippen LogP contribution in [0.15, 0.2) is 49.1 Å². The summed E-state index contributed by atoms with van der Waals surface area (Å²) in [7, 11) is 1.79. The Bertz CT molecular complexity index is 1030. The summed E-state index contributed by atoms with van der Waals surface area (Å²) < 4.78 is 0. The number of amides is 1. The van der Waals surface area contributed by atoms with Crippen LogP contribution in [-0.4, -0.2) is 41.3 Å². The summed E-state index contributed by atoms with van der Waals surface area (Å²) in [6.45, 7) is 6.19. The number of aryl methyl sites for hydroxylation is 1. The number of hydrogen-bond acceptors (Lipinski definition) is 3. The van der Waals surface area contributed by atoms with Crippen molar-refractivity contribution in [1.82, 2.24) is 4.90 Å². The third-order valence-corrected chi connectivity index (χ3v) is 6.22. The first kappa shape index (κ1) is 23.5. The molecule has 0 unspecified atom stereocenters. The fourth-order valence-electron chi connectivity index (χ4n) is 4.55. The van der Waals surface area contributed by atoms with Gasteiger partial charge < -0.3 is 10.0 Å². The molecule has 0 spiro atoms. The quantitative estimate of drug-likeness (QED) is 0.452. The number of hydrogen-bond donors (Lipinski definition) is 1. The lowest BCUT2D eigenvalue weighted by Crippen LogP contribution is -2.33. The van der Waals surface area contributed by atoms with Crippen LogP contribution in [0.4, 0.5) is 0 Å². The van der Waals surface area contributed by atoms with Gasteiger partial charge in [0.2, 0.25) is 0 Å². The summed E-state index contributed by atoms with van der Waals surface area (Å²) in [5.41, 5.74) is 3.75. The van der Waals surface area contributed by atoms with Crippen LogP contribution in [0.3, 0.4) is 0 Å². The van der Waals surface area contributed by atoms with E-state index in [0.717, 1.165) is 18.4 Å². The van der Waals surface area contributed by atoms with Gasteiger partial charge in [-0.25, -0.2) is 0 Å². The van der Waals surface area contributed by atoms with Gasteiger partial charge in [0, 0.05) is 24.7 Å². The lowest BCUT2D eigenvalue weighted by Gasteiger charge is -2.27. The van der Waals surface area contributed by atoms with Gasteiger partial charge in [-0.3, -0.25) is 14.4 Å². The Morgan fingerprint density at radius 1 is 1.06 bits per heavy atom. The van der Waals surface area contributed by atoms with E-state index in [-0.39, 0.29) is 18.1 Å². The number of nitrogens with zero attached hydrogens (tertiary/aromatic N) is 1. The number of aliphatic carboxylic acids is 1. The first-order valence-electron chi connectivity index (χ1n) is 11.2. The molecule has 3 rings (SSSR count). The third-order valence-electron chi connectivity index (χ3n) is 6.22. The predicted octanol–water partition coefficient (Wildman–Crippen LogP) is 5.31. The van der Waals surface area contributed by atoms with Gasteiger partial charge in [-0.05, 0) is 60.6 Å². The standard InChI is InChI=1S/C27H31NO4/c1-4-25(29)23-12-10-18(2)14-24(23)20-11-13-22(21(15-20)16-26(30)31)27(32)28(3)17-19-8-6-5-7-9-19/h4,10-15,19H,1,5-9,16-17H2,2-3H3,(H,30,31). The van der Waals surface area contributed by atoms with Crippen LogP contribution in [-0.2, 0) is 11.2 Å². The molecule has 0 heterocycles. The molecule has 2 aromatic rings. The van der Waals surface area contributed by atoms with Gasteiger partial charge in [0.15, 0.2) is 5.78 Å². The third kappa shape index (κ3) is 5.52. The van der Waals surface area contributed by atoms with E-state index in [9.17, 15) is 19.5 Å². The largest absolute Gasteiger partial charge is 0.481 e. The Morgan fingerprint density at radius 2 is 1.75 bits per heavy atom. The van der Waals surface area contributed by atoms with Crippen molar-refractivity contribution in [2.45, 2.75) is 45.4 Å². The van der Waals surface area contributed by atoms with Crippen molar-refractivity contribution >= 4 is 17.7 Å². The monoisotopic (exact) mass is 433 g/mol. The Hall–Kier alpha value is -3.21. The van der Waals surface area contributed by atoms with Gasteiger partial charge in [0.1, 0.15) is 0 Å². The average Bonchev–Trinajstić information content (AvgIpc) is 2.78. The molecule has 32 heavy (non-hydrogen) atoms. The lowest BCUT2D eigenvalue weighted by molar-refractivity contribution is -0.136. The summed E-state index contributed by atoms with van der Waals surface area (Å²) in [6, 6.07) is 10.7. The summed E-state index contributed by atoms with van der Waals surface area (Å²) in [5, 5.41) is 9.47. The molecule has 168 valence electrons. The van der Waals surface area contributed by atoms with Gasteiger partial charge in [-0.15, -0.1) is 0 Å². The second-order valence-corrected chi connectivity index (χ2v) is 8.75. The molecular formula is C27H31NO4. The van der Waals surface area contributed by atoms with Gasteiger partial charge in [0.05, 0.1) is 6.42 Å². The number of benzene rings is 2. The Kier molecular flexibility index (Phi) is 7.62. The maximum absolute atomic E-state index is 13.2. The number of rotatable bonds is 8. The van der Waals surface area contributed by atoms with Crippen LogP contribution in [0, 0.1) is 12.8 Å². The second kappa shape index (κ2) is 10.4. The van der Waals surface area contributed by atoms with Gasteiger partial charge in [-0.1, -0.05) is 55.7 Å². The maximum Gasteiger partial charge on any atom is 0.307 e. The second-order valence-electron chi connectivity index (χ2n) is 8.75.